The fourth-order valence-electron chi connectivity index (χ4n) is 4.44. The maximum atomic E-state index is 10.3. The molecule has 14 nitrogen and oxygen atoms in total. The quantitative estimate of drug-likeness (QED) is 0.0812. The van der Waals surface area contributed by atoms with Gasteiger partial charge in [-0.15, -0.1) is 0 Å². The van der Waals surface area contributed by atoms with Crippen molar-refractivity contribution >= 4 is 0 Å². The molecule has 2 heterocycles. The van der Waals surface area contributed by atoms with Gasteiger partial charge in [0.15, 0.2) is 6.29 Å². The van der Waals surface area contributed by atoms with E-state index in [1.54, 1.807) is 13.8 Å². The monoisotopic (exact) mass is 557 g/mol. The van der Waals surface area contributed by atoms with E-state index in [4.69, 9.17) is 24.1 Å². The molecule has 10 N–H and O–H groups in total. The number of rotatable bonds is 16. The van der Waals surface area contributed by atoms with Crippen molar-refractivity contribution in [2.45, 2.75) is 107 Å². The van der Waals surface area contributed by atoms with Gasteiger partial charge in [-0.2, -0.15) is 0 Å². The van der Waals surface area contributed by atoms with Crippen LogP contribution in [0.15, 0.2) is 0 Å². The lowest BCUT2D eigenvalue weighted by molar-refractivity contribution is -0.316. The summed E-state index contributed by atoms with van der Waals surface area (Å²) in [6, 6.07) is 0. The summed E-state index contributed by atoms with van der Waals surface area (Å²) in [6.45, 7) is 4.29. The number of aliphatic hydroxyl groups is 9. The molecule has 0 aromatic rings. The molecule has 2 aliphatic rings. The van der Waals surface area contributed by atoms with Gasteiger partial charge in [-0.1, -0.05) is 13.8 Å². The minimum atomic E-state index is -1.59. The zero-order chi connectivity index (χ0) is 28.4. The van der Waals surface area contributed by atoms with Crippen molar-refractivity contribution in [1.82, 2.24) is 5.32 Å². The van der Waals surface area contributed by atoms with Crippen LogP contribution in [0.5, 0.6) is 0 Å². The lowest BCUT2D eigenvalue weighted by Crippen LogP contribution is -2.62. The molecule has 0 spiro atoms. The standard InChI is InChI=1S/C24H47NO13/c1-12(2)23-21(33)19(31)18(30)16(37-23)11-36-24-22(34)20(32)17(29)15(38-24)10-35-9-3-6-25-7-4-13(27)14(28)5-8-26/h12-34H,3-11H2,1-2H3. The third-order valence-corrected chi connectivity index (χ3v) is 6.91. The van der Waals surface area contributed by atoms with E-state index in [2.05, 4.69) is 5.32 Å². The van der Waals surface area contributed by atoms with E-state index in [0.29, 0.717) is 32.5 Å². The molecule has 2 rings (SSSR count). The van der Waals surface area contributed by atoms with Crippen LogP contribution in [0.3, 0.4) is 0 Å². The molecule has 0 aromatic heterocycles. The Morgan fingerprint density at radius 3 is 1.97 bits per heavy atom. The topological polar surface area (TPSA) is 231 Å². The van der Waals surface area contributed by atoms with Gasteiger partial charge in [-0.25, -0.2) is 0 Å². The van der Waals surface area contributed by atoms with Crippen LogP contribution in [0.25, 0.3) is 0 Å². The van der Waals surface area contributed by atoms with Gasteiger partial charge in [-0.3, -0.25) is 0 Å². The molecule has 0 saturated carbocycles. The van der Waals surface area contributed by atoms with Crippen molar-refractivity contribution in [3.63, 3.8) is 0 Å². The first kappa shape index (κ1) is 33.6. The van der Waals surface area contributed by atoms with Crippen LogP contribution in [0.2, 0.25) is 0 Å². The Hall–Kier alpha value is -0.560. The summed E-state index contributed by atoms with van der Waals surface area (Å²) in [5.41, 5.74) is 0. The second kappa shape index (κ2) is 16.6. The molecule has 226 valence electrons. The van der Waals surface area contributed by atoms with Crippen molar-refractivity contribution in [3.05, 3.63) is 0 Å². The lowest BCUT2D eigenvalue weighted by atomic mass is 9.89. The van der Waals surface area contributed by atoms with Gasteiger partial charge in [-0.05, 0) is 38.3 Å². The summed E-state index contributed by atoms with van der Waals surface area (Å²) in [5, 5.41) is 92.6. The summed E-state index contributed by atoms with van der Waals surface area (Å²) in [5.74, 6) is -0.156. The van der Waals surface area contributed by atoms with Crippen LogP contribution >= 0.6 is 0 Å². The molecule has 0 aromatic carbocycles. The van der Waals surface area contributed by atoms with Gasteiger partial charge >= 0.3 is 0 Å². The third-order valence-electron chi connectivity index (χ3n) is 6.91. The van der Waals surface area contributed by atoms with Gasteiger partial charge < -0.3 is 70.2 Å². The molecule has 12 unspecified atom stereocenters. The van der Waals surface area contributed by atoms with Gasteiger partial charge in [0.25, 0.3) is 0 Å². The van der Waals surface area contributed by atoms with Gasteiger partial charge in [0.05, 0.1) is 31.5 Å². The highest BCUT2D eigenvalue weighted by molar-refractivity contribution is 4.94. The van der Waals surface area contributed by atoms with Gasteiger partial charge in [0.2, 0.25) is 0 Å². The molecule has 2 fully saturated rings. The van der Waals surface area contributed by atoms with Gasteiger partial charge in [0.1, 0.15) is 48.8 Å². The predicted octanol–water partition coefficient (Wildman–Crippen LogP) is -4.19. The summed E-state index contributed by atoms with van der Waals surface area (Å²) >= 11 is 0. The summed E-state index contributed by atoms with van der Waals surface area (Å²) < 4.78 is 22.4. The van der Waals surface area contributed by atoms with Crippen LogP contribution < -0.4 is 5.32 Å². The van der Waals surface area contributed by atoms with E-state index < -0.39 is 73.4 Å². The Morgan fingerprint density at radius 1 is 0.737 bits per heavy atom. The molecular formula is C24H47NO13. The first-order valence-corrected chi connectivity index (χ1v) is 13.3. The third kappa shape index (κ3) is 9.52. The fourth-order valence-corrected chi connectivity index (χ4v) is 4.44. The Balaban J connectivity index is 1.73. The molecule has 38 heavy (non-hydrogen) atoms. The number of hydrogen-bond donors (Lipinski definition) is 10. The number of nitrogens with one attached hydrogen (secondary N) is 1. The highest BCUT2D eigenvalue weighted by atomic mass is 16.7. The molecule has 0 amide bonds. The predicted molar refractivity (Wildman–Crippen MR) is 131 cm³/mol. The minimum absolute atomic E-state index is 0.0975. The van der Waals surface area contributed by atoms with Crippen molar-refractivity contribution < 1.29 is 64.9 Å². The molecule has 0 bridgehead atoms. The normalized spacial score (nSPS) is 37.9. The first-order chi connectivity index (χ1) is 18.0. The Labute approximate surface area is 222 Å². The maximum absolute atomic E-state index is 10.3. The zero-order valence-corrected chi connectivity index (χ0v) is 22.0. The van der Waals surface area contributed by atoms with E-state index in [9.17, 15) is 40.9 Å². The fraction of sp³-hybridized carbons (Fsp3) is 1.00. The zero-order valence-electron chi connectivity index (χ0n) is 22.0. The molecule has 12 atom stereocenters. The van der Waals surface area contributed by atoms with Crippen molar-refractivity contribution in [3.8, 4) is 0 Å². The van der Waals surface area contributed by atoms with E-state index in [0.717, 1.165) is 0 Å². The number of hydrogen-bond acceptors (Lipinski definition) is 14. The van der Waals surface area contributed by atoms with Crippen molar-refractivity contribution in [1.29, 1.82) is 0 Å². The van der Waals surface area contributed by atoms with Crippen LogP contribution in [0.4, 0.5) is 0 Å². The SMILES string of the molecule is CC(C)C1OC(COC2OC(COCCCNCCC(O)C(O)CCO)C(O)C(O)C2O)C(O)C(O)C1O. The van der Waals surface area contributed by atoms with Crippen molar-refractivity contribution in [2.75, 3.05) is 39.5 Å². The molecule has 2 aliphatic heterocycles. The minimum Gasteiger partial charge on any atom is -0.396 e. The van der Waals surface area contributed by atoms with Crippen LogP contribution in [-0.2, 0) is 18.9 Å². The summed E-state index contributed by atoms with van der Waals surface area (Å²) in [4.78, 5) is 0. The highest BCUT2D eigenvalue weighted by Gasteiger charge is 2.47. The Morgan fingerprint density at radius 2 is 1.34 bits per heavy atom. The van der Waals surface area contributed by atoms with E-state index >= 15 is 0 Å². The molecule has 2 saturated heterocycles. The summed E-state index contributed by atoms with van der Waals surface area (Å²) in [6.07, 6.45) is -13.8. The smallest absolute Gasteiger partial charge is 0.186 e. The first-order valence-electron chi connectivity index (χ1n) is 13.3. The highest BCUT2D eigenvalue weighted by Crippen LogP contribution is 2.28. The average Bonchev–Trinajstić information content (AvgIpc) is 2.88. The number of ether oxygens (including phenoxy) is 4. The van der Waals surface area contributed by atoms with Crippen LogP contribution in [-0.4, -0.2) is 159 Å². The van der Waals surface area contributed by atoms with E-state index in [-0.39, 0.29) is 32.2 Å². The molecule has 0 aliphatic carbocycles. The Kier molecular flexibility index (Phi) is 14.7. The molecular weight excluding hydrogens is 510 g/mol. The van der Waals surface area contributed by atoms with E-state index in [1.165, 1.54) is 0 Å². The molecule has 0 radical (unpaired) electrons. The van der Waals surface area contributed by atoms with Crippen LogP contribution in [0, 0.1) is 5.92 Å². The maximum Gasteiger partial charge on any atom is 0.186 e. The second-order valence-electron chi connectivity index (χ2n) is 10.3. The average molecular weight is 558 g/mol. The summed E-state index contributed by atoms with van der Waals surface area (Å²) in [7, 11) is 0. The lowest BCUT2D eigenvalue weighted by Gasteiger charge is -2.44. The number of aliphatic hydroxyl groups excluding tert-OH is 9. The largest absolute Gasteiger partial charge is 0.396 e. The molecule has 14 heteroatoms. The second-order valence-corrected chi connectivity index (χ2v) is 10.3. The van der Waals surface area contributed by atoms with E-state index in [1.807, 2.05) is 0 Å². The van der Waals surface area contributed by atoms with Crippen LogP contribution in [0.1, 0.15) is 33.1 Å². The van der Waals surface area contributed by atoms with Gasteiger partial charge in [0, 0.05) is 13.2 Å². The Bertz CT molecular complexity index is 646. The van der Waals surface area contributed by atoms with Crippen molar-refractivity contribution in [2.24, 2.45) is 5.92 Å².